The number of H-pyrrole nitrogens is 1. The van der Waals surface area contributed by atoms with Crippen molar-refractivity contribution >= 4 is 23.3 Å². The average molecular weight is 494 g/mol. The largest absolute Gasteiger partial charge is 0.477 e. The smallest absolute Gasteiger partial charge is 0.354 e. The lowest BCUT2D eigenvalue weighted by Crippen LogP contribution is -2.48. The Labute approximate surface area is 203 Å². The summed E-state index contributed by atoms with van der Waals surface area (Å²) >= 11 is 6.35. The molecule has 0 saturated heterocycles. The van der Waals surface area contributed by atoms with E-state index in [1.165, 1.54) is 41.9 Å². The van der Waals surface area contributed by atoms with E-state index in [0.717, 1.165) is 15.7 Å². The number of aromatic nitrogens is 4. The van der Waals surface area contributed by atoms with Crippen molar-refractivity contribution in [2.45, 2.75) is 13.5 Å². The topological polar surface area (TPSA) is 132 Å². The van der Waals surface area contributed by atoms with Crippen molar-refractivity contribution in [1.82, 2.24) is 19.1 Å². The first kappa shape index (κ1) is 23.7. The van der Waals surface area contributed by atoms with E-state index in [2.05, 4.69) is 15.0 Å². The molecule has 0 aliphatic heterocycles. The lowest BCUT2D eigenvalue weighted by atomic mass is 10.1. The van der Waals surface area contributed by atoms with Crippen LogP contribution in [0, 0.1) is 6.92 Å². The summed E-state index contributed by atoms with van der Waals surface area (Å²) in [5.41, 5.74) is 1.06. The van der Waals surface area contributed by atoms with Gasteiger partial charge in [0, 0.05) is 13.1 Å². The third kappa shape index (κ3) is 5.39. The molecule has 0 atom stereocenters. The molecule has 2 N–H and O–H groups in total. The number of carboxylic acid groups (broad SMARTS) is 1. The Hall–Kier alpha value is -4.44. The molecule has 0 aliphatic carbocycles. The van der Waals surface area contributed by atoms with Gasteiger partial charge in [-0.05, 0) is 36.8 Å². The zero-order valence-corrected chi connectivity index (χ0v) is 19.5. The van der Waals surface area contributed by atoms with Crippen LogP contribution in [0.1, 0.15) is 21.6 Å². The molecule has 2 heterocycles. The van der Waals surface area contributed by atoms with Crippen LogP contribution in [0.4, 0.5) is 5.69 Å². The van der Waals surface area contributed by atoms with E-state index in [4.69, 9.17) is 21.4 Å². The molecule has 4 aromatic rings. The van der Waals surface area contributed by atoms with Crippen LogP contribution in [0.25, 0.3) is 0 Å². The van der Waals surface area contributed by atoms with Gasteiger partial charge in [0.05, 0.1) is 17.3 Å². The number of aromatic amines is 1. The Morgan fingerprint density at radius 3 is 2.57 bits per heavy atom. The number of nitrogens with zero attached hydrogens (tertiary/aromatic N) is 4. The SMILES string of the molecule is Cc1ccc(Cn2c(=O)n(C)c(=O)[nH]/c2=N\c2ccc(Oc3cccc(C(=O)O)n3)c(Cl)c2)cc1. The Bertz CT molecular complexity index is 1600. The summed E-state index contributed by atoms with van der Waals surface area (Å²) in [6, 6.07) is 16.6. The van der Waals surface area contributed by atoms with Crippen molar-refractivity contribution in [1.29, 1.82) is 0 Å². The first-order valence-corrected chi connectivity index (χ1v) is 10.8. The van der Waals surface area contributed by atoms with E-state index in [9.17, 15) is 14.4 Å². The first-order valence-electron chi connectivity index (χ1n) is 10.4. The number of pyridine rings is 1. The monoisotopic (exact) mass is 493 g/mol. The molecule has 0 aliphatic rings. The summed E-state index contributed by atoms with van der Waals surface area (Å²) in [6.45, 7) is 2.16. The maximum absolute atomic E-state index is 12.8. The fourth-order valence-electron chi connectivity index (χ4n) is 3.18. The highest BCUT2D eigenvalue weighted by molar-refractivity contribution is 6.32. The molecule has 2 aromatic heterocycles. The van der Waals surface area contributed by atoms with Crippen LogP contribution >= 0.6 is 11.6 Å². The van der Waals surface area contributed by atoms with Crippen molar-refractivity contribution in [2.24, 2.45) is 12.0 Å². The van der Waals surface area contributed by atoms with Gasteiger partial charge in [-0.1, -0.05) is 47.5 Å². The van der Waals surface area contributed by atoms with Gasteiger partial charge in [-0.25, -0.2) is 28.9 Å². The number of halogens is 1. The fraction of sp³-hybridized carbons (Fsp3) is 0.125. The third-order valence-corrected chi connectivity index (χ3v) is 5.36. The van der Waals surface area contributed by atoms with Gasteiger partial charge in [0.25, 0.3) is 0 Å². The molecule has 11 heteroatoms. The summed E-state index contributed by atoms with van der Waals surface area (Å²) in [7, 11) is 1.38. The molecule has 0 saturated carbocycles. The number of rotatable bonds is 6. The molecule has 0 radical (unpaired) electrons. The first-order chi connectivity index (χ1) is 16.7. The van der Waals surface area contributed by atoms with Crippen LogP contribution < -0.4 is 21.7 Å². The van der Waals surface area contributed by atoms with Gasteiger partial charge in [0.15, 0.2) is 5.69 Å². The Balaban J connectivity index is 1.71. The summed E-state index contributed by atoms with van der Waals surface area (Å²) in [5.74, 6) is -0.897. The van der Waals surface area contributed by atoms with Gasteiger partial charge in [-0.3, -0.25) is 9.55 Å². The molecule has 2 aromatic carbocycles. The van der Waals surface area contributed by atoms with Crippen LogP contribution in [-0.2, 0) is 13.6 Å². The standard InChI is InChI=1S/C24H20ClN5O5/c1-14-6-8-15(9-7-14)13-30-22(28-23(33)29(2)24(30)34)26-16-10-11-19(17(25)12-16)35-20-5-3-4-18(27-20)21(31)32/h3-12H,13H2,1-2H3,(H,31,32)(H,26,28,33). The van der Waals surface area contributed by atoms with Gasteiger partial charge in [-0.15, -0.1) is 0 Å². The Morgan fingerprint density at radius 2 is 1.89 bits per heavy atom. The average Bonchev–Trinajstić information content (AvgIpc) is 2.83. The second kappa shape index (κ2) is 9.82. The molecule has 0 spiro atoms. The number of nitrogens with one attached hydrogen (secondary N) is 1. The van der Waals surface area contributed by atoms with Crippen LogP contribution in [0.5, 0.6) is 11.6 Å². The number of carbonyl (C=O) groups is 1. The van der Waals surface area contributed by atoms with Gasteiger partial charge in [0.1, 0.15) is 5.75 Å². The van der Waals surface area contributed by atoms with E-state index in [0.29, 0.717) is 5.69 Å². The van der Waals surface area contributed by atoms with Crippen LogP contribution in [0.3, 0.4) is 0 Å². The molecule has 178 valence electrons. The molecule has 0 unspecified atom stereocenters. The number of aromatic carboxylic acids is 1. The van der Waals surface area contributed by atoms with E-state index < -0.39 is 17.3 Å². The summed E-state index contributed by atoms with van der Waals surface area (Å²) in [4.78, 5) is 47.1. The summed E-state index contributed by atoms with van der Waals surface area (Å²) < 4.78 is 7.93. The number of benzene rings is 2. The molecule has 10 nitrogen and oxygen atoms in total. The van der Waals surface area contributed by atoms with Gasteiger partial charge in [-0.2, -0.15) is 0 Å². The Morgan fingerprint density at radius 1 is 1.14 bits per heavy atom. The summed E-state index contributed by atoms with van der Waals surface area (Å²) in [6.07, 6.45) is 0. The van der Waals surface area contributed by atoms with Crippen molar-refractivity contribution in [3.05, 3.63) is 109 Å². The summed E-state index contributed by atoms with van der Waals surface area (Å²) in [5, 5.41) is 9.25. The lowest BCUT2D eigenvalue weighted by molar-refractivity contribution is 0.0689. The Kier molecular flexibility index (Phi) is 6.65. The minimum Gasteiger partial charge on any atom is -0.477 e. The van der Waals surface area contributed by atoms with Gasteiger partial charge >= 0.3 is 17.3 Å². The highest BCUT2D eigenvalue weighted by Gasteiger charge is 2.11. The maximum Gasteiger partial charge on any atom is 0.354 e. The zero-order chi connectivity index (χ0) is 25.1. The molecule has 0 fully saturated rings. The maximum atomic E-state index is 12.8. The van der Waals surface area contributed by atoms with E-state index in [1.54, 1.807) is 6.07 Å². The van der Waals surface area contributed by atoms with Crippen molar-refractivity contribution < 1.29 is 14.6 Å². The number of aryl methyl sites for hydroxylation is 1. The van der Waals surface area contributed by atoms with Crippen LogP contribution in [0.2, 0.25) is 5.02 Å². The number of carboxylic acids is 1. The van der Waals surface area contributed by atoms with E-state index in [1.807, 2.05) is 31.2 Å². The molecular weight excluding hydrogens is 474 g/mol. The third-order valence-electron chi connectivity index (χ3n) is 5.07. The van der Waals surface area contributed by atoms with Crippen molar-refractivity contribution in [2.75, 3.05) is 0 Å². The van der Waals surface area contributed by atoms with Crippen molar-refractivity contribution in [3.63, 3.8) is 0 Å². The van der Waals surface area contributed by atoms with E-state index in [-0.39, 0.29) is 34.5 Å². The number of hydrogen-bond donors (Lipinski definition) is 2. The molecular formula is C24H20ClN5O5. The number of ether oxygens (including phenoxy) is 1. The van der Waals surface area contributed by atoms with Gasteiger partial charge < -0.3 is 9.84 Å². The normalized spacial score (nSPS) is 11.5. The minimum atomic E-state index is -1.18. The van der Waals surface area contributed by atoms with Crippen LogP contribution in [-0.4, -0.2) is 30.2 Å². The second-order valence-electron chi connectivity index (χ2n) is 7.66. The van der Waals surface area contributed by atoms with Gasteiger partial charge in [0.2, 0.25) is 11.5 Å². The molecule has 0 amide bonds. The zero-order valence-electron chi connectivity index (χ0n) is 18.7. The van der Waals surface area contributed by atoms with Crippen LogP contribution in [0.15, 0.2) is 75.2 Å². The lowest BCUT2D eigenvalue weighted by Gasteiger charge is -2.10. The molecule has 4 rings (SSSR count). The highest BCUT2D eigenvalue weighted by Crippen LogP contribution is 2.31. The minimum absolute atomic E-state index is 0.0548. The molecule has 35 heavy (non-hydrogen) atoms. The highest BCUT2D eigenvalue weighted by atomic mass is 35.5. The second-order valence-corrected chi connectivity index (χ2v) is 8.07. The van der Waals surface area contributed by atoms with Crippen molar-refractivity contribution in [3.8, 4) is 11.6 Å². The number of hydrogen-bond acceptors (Lipinski definition) is 6. The van der Waals surface area contributed by atoms with E-state index >= 15 is 0 Å². The predicted molar refractivity (Wildman–Crippen MR) is 129 cm³/mol. The predicted octanol–water partition coefficient (Wildman–Crippen LogP) is 3.00. The fourth-order valence-corrected chi connectivity index (χ4v) is 3.39. The molecule has 0 bridgehead atoms. The quantitative estimate of drug-likeness (QED) is 0.424.